The van der Waals surface area contributed by atoms with Crippen LogP contribution in [0.3, 0.4) is 0 Å². The van der Waals surface area contributed by atoms with Crippen LogP contribution in [0, 0.1) is 0 Å². The van der Waals surface area contributed by atoms with E-state index in [1.165, 1.54) is 4.57 Å². The zero-order valence-electron chi connectivity index (χ0n) is 12.3. The molecule has 0 spiro atoms. The molecule has 2 aromatic rings. The minimum absolute atomic E-state index is 0.146. The maximum atomic E-state index is 12.3. The molecule has 0 amide bonds. The van der Waals surface area contributed by atoms with Crippen LogP contribution in [0.25, 0.3) is 5.82 Å². The van der Waals surface area contributed by atoms with E-state index in [-0.39, 0.29) is 6.42 Å². The van der Waals surface area contributed by atoms with Crippen LogP contribution in [-0.4, -0.2) is 30.4 Å². The number of aryl methyl sites for hydroxylation is 2. The fraction of sp³-hybridized carbons (Fsp3) is 0.429. The monoisotopic (exact) mass is 290 g/mol. The summed E-state index contributed by atoms with van der Waals surface area (Å²) in [5, 5.41) is 13.3. The van der Waals surface area contributed by atoms with E-state index in [0.717, 1.165) is 0 Å². The molecular weight excluding hydrogens is 272 g/mol. The van der Waals surface area contributed by atoms with Gasteiger partial charge in [0.1, 0.15) is 0 Å². The molecule has 2 aromatic heterocycles. The van der Waals surface area contributed by atoms with Gasteiger partial charge in [0.05, 0.1) is 12.1 Å². The molecule has 7 heteroatoms. The molecular formula is C14H18N4O3. The molecule has 0 aliphatic heterocycles. The lowest BCUT2D eigenvalue weighted by molar-refractivity contribution is -0.136. The Morgan fingerprint density at radius 1 is 1.33 bits per heavy atom. The molecule has 0 bridgehead atoms. The molecule has 7 nitrogen and oxygen atoms in total. The van der Waals surface area contributed by atoms with E-state index in [0.29, 0.717) is 35.6 Å². The molecule has 0 fully saturated rings. The highest BCUT2D eigenvalue weighted by Crippen LogP contribution is 2.16. The highest BCUT2D eigenvalue weighted by atomic mass is 16.4. The third-order valence-electron chi connectivity index (χ3n) is 3.31. The molecule has 2 rings (SSSR count). The second kappa shape index (κ2) is 5.90. The van der Waals surface area contributed by atoms with E-state index < -0.39 is 11.7 Å². The Balaban J connectivity index is 2.75. The second-order valence-electron chi connectivity index (χ2n) is 4.73. The molecule has 21 heavy (non-hydrogen) atoms. The topological polar surface area (TPSA) is 90.0 Å². The van der Waals surface area contributed by atoms with E-state index >= 15 is 0 Å². The molecule has 0 aliphatic carbocycles. The Morgan fingerprint density at radius 3 is 2.52 bits per heavy atom. The van der Waals surface area contributed by atoms with E-state index in [1.807, 2.05) is 13.8 Å². The third kappa shape index (κ3) is 2.86. The van der Waals surface area contributed by atoms with Gasteiger partial charge in [0, 0.05) is 30.6 Å². The molecule has 0 saturated heterocycles. The number of hydrogen-bond acceptors (Lipinski definition) is 4. The molecule has 0 saturated carbocycles. The first-order valence-electron chi connectivity index (χ1n) is 6.83. The van der Waals surface area contributed by atoms with Crippen LogP contribution >= 0.6 is 0 Å². The number of rotatable bonds is 5. The predicted molar refractivity (Wildman–Crippen MR) is 76.7 cm³/mol. The number of aromatic nitrogens is 4. The van der Waals surface area contributed by atoms with Crippen LogP contribution in [0.5, 0.6) is 0 Å². The average Bonchev–Trinajstić information content (AvgIpc) is 2.85. The fourth-order valence-corrected chi connectivity index (χ4v) is 2.43. The lowest BCUT2D eigenvalue weighted by Gasteiger charge is -2.15. The summed E-state index contributed by atoms with van der Waals surface area (Å²) in [6, 6.07) is 1.71. The predicted octanol–water partition coefficient (Wildman–Crippen LogP) is 0.718. The molecule has 0 aliphatic rings. The first-order chi connectivity index (χ1) is 9.97. The number of aliphatic carboxylic acids is 1. The van der Waals surface area contributed by atoms with E-state index in [9.17, 15) is 9.59 Å². The first-order valence-corrected chi connectivity index (χ1v) is 6.83. The normalized spacial score (nSPS) is 10.8. The van der Waals surface area contributed by atoms with E-state index in [2.05, 4.69) is 10.1 Å². The van der Waals surface area contributed by atoms with Crippen LogP contribution < -0.4 is 5.69 Å². The summed E-state index contributed by atoms with van der Waals surface area (Å²) in [4.78, 5) is 27.4. The number of carboxylic acids is 1. The average molecular weight is 290 g/mol. The standard InChI is InChI=1S/C14H18N4O3/c1-4-10-9(8-13(19)20)11(5-2)18(14(21)15-10)12-6-7-17(3)16-12/h6-7H,4-5,8H2,1-3H3,(H,19,20). The fourth-order valence-electron chi connectivity index (χ4n) is 2.43. The number of carboxylic acid groups (broad SMARTS) is 1. The highest BCUT2D eigenvalue weighted by molar-refractivity contribution is 5.71. The van der Waals surface area contributed by atoms with Crippen LogP contribution in [0.2, 0.25) is 0 Å². The van der Waals surface area contributed by atoms with Crippen molar-refractivity contribution in [3.05, 3.63) is 39.7 Å². The maximum absolute atomic E-state index is 12.3. The van der Waals surface area contributed by atoms with Gasteiger partial charge in [-0.3, -0.25) is 9.48 Å². The van der Waals surface area contributed by atoms with E-state index in [1.54, 1.807) is 24.0 Å². The Kier molecular flexibility index (Phi) is 4.21. The Morgan fingerprint density at radius 2 is 2.05 bits per heavy atom. The van der Waals surface area contributed by atoms with Crippen molar-refractivity contribution < 1.29 is 9.90 Å². The number of carbonyl (C=O) groups is 1. The summed E-state index contributed by atoms with van der Waals surface area (Å²) in [6.45, 7) is 3.75. The van der Waals surface area contributed by atoms with Crippen molar-refractivity contribution in [1.29, 1.82) is 0 Å². The Hall–Kier alpha value is -2.44. The van der Waals surface area contributed by atoms with Crippen molar-refractivity contribution in [2.45, 2.75) is 33.1 Å². The summed E-state index contributed by atoms with van der Waals surface area (Å²) < 4.78 is 2.99. The van der Waals surface area contributed by atoms with Gasteiger partial charge < -0.3 is 5.11 Å². The van der Waals surface area contributed by atoms with Gasteiger partial charge in [0.15, 0.2) is 5.82 Å². The summed E-state index contributed by atoms with van der Waals surface area (Å²) in [7, 11) is 1.76. The molecule has 0 atom stereocenters. The van der Waals surface area contributed by atoms with Crippen molar-refractivity contribution in [2.24, 2.45) is 7.05 Å². The van der Waals surface area contributed by atoms with Crippen LogP contribution in [0.1, 0.15) is 30.8 Å². The summed E-state index contributed by atoms with van der Waals surface area (Å²) in [5.41, 5.74) is 1.40. The van der Waals surface area contributed by atoms with Gasteiger partial charge in [-0.05, 0) is 12.8 Å². The molecule has 0 aromatic carbocycles. The van der Waals surface area contributed by atoms with Crippen molar-refractivity contribution in [3.8, 4) is 5.82 Å². The number of nitrogens with zero attached hydrogens (tertiary/aromatic N) is 4. The van der Waals surface area contributed by atoms with Gasteiger partial charge in [0.25, 0.3) is 0 Å². The van der Waals surface area contributed by atoms with Gasteiger partial charge >= 0.3 is 11.7 Å². The van der Waals surface area contributed by atoms with Gasteiger partial charge in [-0.2, -0.15) is 10.1 Å². The largest absolute Gasteiger partial charge is 0.481 e. The zero-order valence-corrected chi connectivity index (χ0v) is 12.3. The molecule has 2 heterocycles. The van der Waals surface area contributed by atoms with Crippen molar-refractivity contribution in [3.63, 3.8) is 0 Å². The summed E-state index contributed by atoms with van der Waals surface area (Å²) in [5.74, 6) is -0.478. The van der Waals surface area contributed by atoms with Gasteiger partial charge in [0.2, 0.25) is 0 Å². The van der Waals surface area contributed by atoms with Gasteiger partial charge in [-0.1, -0.05) is 13.8 Å². The quantitative estimate of drug-likeness (QED) is 0.876. The van der Waals surface area contributed by atoms with Crippen molar-refractivity contribution >= 4 is 5.97 Å². The third-order valence-corrected chi connectivity index (χ3v) is 3.31. The highest BCUT2D eigenvalue weighted by Gasteiger charge is 2.19. The lowest BCUT2D eigenvalue weighted by Crippen LogP contribution is -2.29. The zero-order chi connectivity index (χ0) is 15.6. The summed E-state index contributed by atoms with van der Waals surface area (Å²) >= 11 is 0. The first kappa shape index (κ1) is 15.0. The SMILES string of the molecule is CCc1nc(=O)n(-c2ccn(C)n2)c(CC)c1CC(=O)O. The van der Waals surface area contributed by atoms with Crippen LogP contribution in [-0.2, 0) is 31.1 Å². The van der Waals surface area contributed by atoms with E-state index in [4.69, 9.17) is 5.11 Å². The molecule has 0 radical (unpaired) electrons. The van der Waals surface area contributed by atoms with Crippen molar-refractivity contribution in [1.82, 2.24) is 19.3 Å². The second-order valence-corrected chi connectivity index (χ2v) is 4.73. The van der Waals surface area contributed by atoms with Crippen molar-refractivity contribution in [2.75, 3.05) is 0 Å². The minimum Gasteiger partial charge on any atom is -0.481 e. The minimum atomic E-state index is -0.938. The summed E-state index contributed by atoms with van der Waals surface area (Å²) in [6.07, 6.45) is 2.64. The van der Waals surface area contributed by atoms with Crippen LogP contribution in [0.4, 0.5) is 0 Å². The smallest absolute Gasteiger partial charge is 0.353 e. The lowest BCUT2D eigenvalue weighted by atomic mass is 10.0. The van der Waals surface area contributed by atoms with Gasteiger partial charge in [-0.15, -0.1) is 0 Å². The maximum Gasteiger partial charge on any atom is 0.353 e. The Bertz CT molecular complexity index is 730. The molecule has 0 unspecified atom stereocenters. The molecule has 1 N–H and O–H groups in total. The molecule has 112 valence electrons. The van der Waals surface area contributed by atoms with Crippen LogP contribution in [0.15, 0.2) is 17.1 Å². The van der Waals surface area contributed by atoms with Gasteiger partial charge in [-0.25, -0.2) is 9.36 Å². The Labute approximate surface area is 121 Å². The number of hydrogen-bond donors (Lipinski definition) is 1.